The quantitative estimate of drug-likeness (QED) is 0.708. The SMILES string of the molecule is O=C1C[C@@H](NC(=O)Oc2ccccc2)[C@H](Sc2ccc3ccccc3c2)C1. The first-order valence-corrected chi connectivity index (χ1v) is 9.76. The minimum absolute atomic E-state index is 0.00184. The Labute approximate surface area is 161 Å². The molecule has 1 N–H and O–H groups in total. The number of rotatable bonds is 4. The van der Waals surface area contributed by atoms with Crippen LogP contribution >= 0.6 is 11.8 Å². The van der Waals surface area contributed by atoms with Crippen molar-refractivity contribution in [1.29, 1.82) is 0 Å². The summed E-state index contributed by atoms with van der Waals surface area (Å²) in [5, 5.41) is 5.22. The van der Waals surface area contributed by atoms with Crippen LogP contribution in [0, 0.1) is 0 Å². The molecular formula is C22H19NO3S. The Morgan fingerprint density at radius 2 is 1.67 bits per heavy atom. The van der Waals surface area contributed by atoms with Crippen LogP contribution in [0.3, 0.4) is 0 Å². The molecule has 3 aromatic carbocycles. The van der Waals surface area contributed by atoms with Crippen LogP contribution in [-0.4, -0.2) is 23.2 Å². The number of benzene rings is 3. The van der Waals surface area contributed by atoms with E-state index < -0.39 is 6.09 Å². The van der Waals surface area contributed by atoms with Crippen molar-refractivity contribution in [2.45, 2.75) is 29.0 Å². The van der Waals surface area contributed by atoms with Crippen molar-refractivity contribution in [2.24, 2.45) is 0 Å². The monoisotopic (exact) mass is 377 g/mol. The van der Waals surface area contributed by atoms with Gasteiger partial charge in [0.25, 0.3) is 0 Å². The maximum atomic E-state index is 12.2. The Balaban J connectivity index is 1.44. The van der Waals surface area contributed by atoms with Gasteiger partial charge in [0, 0.05) is 23.0 Å². The minimum Gasteiger partial charge on any atom is -0.410 e. The van der Waals surface area contributed by atoms with Crippen molar-refractivity contribution in [3.8, 4) is 5.75 Å². The highest BCUT2D eigenvalue weighted by atomic mass is 32.2. The van der Waals surface area contributed by atoms with Crippen LogP contribution in [0.1, 0.15) is 12.8 Å². The first kappa shape index (κ1) is 17.6. The number of fused-ring (bicyclic) bond motifs is 1. The molecule has 0 radical (unpaired) electrons. The van der Waals surface area contributed by atoms with Gasteiger partial charge in [-0.1, -0.05) is 48.5 Å². The number of nitrogens with one attached hydrogen (secondary N) is 1. The van der Waals surface area contributed by atoms with Gasteiger partial charge in [0.05, 0.1) is 6.04 Å². The molecule has 136 valence electrons. The summed E-state index contributed by atoms with van der Waals surface area (Å²) in [6.07, 6.45) is 0.271. The molecule has 0 aliphatic heterocycles. The van der Waals surface area contributed by atoms with E-state index in [1.807, 2.05) is 18.2 Å². The standard InChI is InChI=1S/C22H19NO3S/c24-17-13-20(23-22(25)26-18-8-2-1-3-9-18)21(14-17)27-19-11-10-15-6-4-5-7-16(15)12-19/h1-12,20-21H,13-14H2,(H,23,25)/t20-,21-/m1/s1. The van der Waals surface area contributed by atoms with Crippen molar-refractivity contribution < 1.29 is 14.3 Å². The van der Waals surface area contributed by atoms with Crippen molar-refractivity contribution in [1.82, 2.24) is 5.32 Å². The zero-order valence-electron chi connectivity index (χ0n) is 14.6. The van der Waals surface area contributed by atoms with E-state index >= 15 is 0 Å². The molecule has 3 aromatic rings. The summed E-state index contributed by atoms with van der Waals surface area (Å²) in [4.78, 5) is 25.3. The second-order valence-corrected chi connectivity index (χ2v) is 7.88. The Bertz CT molecular complexity index is 973. The van der Waals surface area contributed by atoms with Crippen molar-refractivity contribution in [2.75, 3.05) is 0 Å². The number of hydrogen-bond acceptors (Lipinski definition) is 4. The number of carbonyl (C=O) groups is 2. The highest BCUT2D eigenvalue weighted by Crippen LogP contribution is 2.35. The molecule has 0 unspecified atom stereocenters. The number of Topliss-reactive ketones (excluding diaryl/α,β-unsaturated/α-hetero) is 1. The van der Waals surface area contributed by atoms with E-state index in [9.17, 15) is 9.59 Å². The van der Waals surface area contributed by atoms with Crippen molar-refractivity contribution >= 4 is 34.4 Å². The summed E-state index contributed by atoms with van der Waals surface area (Å²) in [5.41, 5.74) is 0. The van der Waals surface area contributed by atoms with E-state index in [1.54, 1.807) is 36.0 Å². The van der Waals surface area contributed by atoms with E-state index in [2.05, 4.69) is 35.6 Å². The average Bonchev–Trinajstić information content (AvgIpc) is 3.01. The van der Waals surface area contributed by atoms with Crippen molar-refractivity contribution in [3.63, 3.8) is 0 Å². The first-order valence-electron chi connectivity index (χ1n) is 8.88. The molecule has 0 saturated heterocycles. The zero-order valence-corrected chi connectivity index (χ0v) is 15.4. The molecule has 5 heteroatoms. The van der Waals surface area contributed by atoms with Crippen LogP contribution in [0.15, 0.2) is 77.7 Å². The van der Waals surface area contributed by atoms with Crippen LogP contribution in [-0.2, 0) is 4.79 Å². The van der Waals surface area contributed by atoms with Crippen LogP contribution in [0.5, 0.6) is 5.75 Å². The lowest BCUT2D eigenvalue weighted by Crippen LogP contribution is -2.40. The third-order valence-corrected chi connectivity index (χ3v) is 5.91. The lowest BCUT2D eigenvalue weighted by Gasteiger charge is -2.19. The molecule has 0 aromatic heterocycles. The number of carbonyl (C=O) groups excluding carboxylic acids is 2. The Hall–Kier alpha value is -2.79. The largest absolute Gasteiger partial charge is 0.412 e. The van der Waals surface area contributed by atoms with Gasteiger partial charge in [0.2, 0.25) is 0 Å². The zero-order chi connectivity index (χ0) is 18.6. The Kier molecular flexibility index (Phi) is 5.12. The number of hydrogen-bond donors (Lipinski definition) is 1. The molecule has 2 atom stereocenters. The Morgan fingerprint density at radius 1 is 0.926 bits per heavy atom. The molecule has 4 rings (SSSR count). The second kappa shape index (κ2) is 7.84. The predicted octanol–water partition coefficient (Wildman–Crippen LogP) is 4.82. The molecule has 0 heterocycles. The lowest BCUT2D eigenvalue weighted by molar-refractivity contribution is -0.117. The molecule has 1 aliphatic carbocycles. The summed E-state index contributed by atoms with van der Waals surface area (Å²) in [7, 11) is 0. The van der Waals surface area contributed by atoms with Gasteiger partial charge in [-0.25, -0.2) is 4.79 Å². The van der Waals surface area contributed by atoms with Gasteiger partial charge in [0.1, 0.15) is 11.5 Å². The summed E-state index contributed by atoms with van der Waals surface area (Å²) < 4.78 is 5.30. The number of thioether (sulfide) groups is 1. The average molecular weight is 377 g/mol. The van der Waals surface area contributed by atoms with Crippen LogP contribution in [0.25, 0.3) is 10.8 Å². The van der Waals surface area contributed by atoms with E-state index in [-0.39, 0.29) is 17.1 Å². The molecule has 1 fully saturated rings. The van der Waals surface area contributed by atoms with Gasteiger partial charge >= 0.3 is 6.09 Å². The smallest absolute Gasteiger partial charge is 0.410 e. The molecule has 1 aliphatic rings. The topological polar surface area (TPSA) is 55.4 Å². The summed E-state index contributed by atoms with van der Waals surface area (Å²) >= 11 is 1.64. The third-order valence-electron chi connectivity index (χ3n) is 4.59. The van der Waals surface area contributed by atoms with Gasteiger partial charge < -0.3 is 10.1 Å². The van der Waals surface area contributed by atoms with Gasteiger partial charge in [-0.05, 0) is 35.0 Å². The van der Waals surface area contributed by atoms with Crippen LogP contribution in [0.4, 0.5) is 4.79 Å². The van der Waals surface area contributed by atoms with Gasteiger partial charge in [-0.2, -0.15) is 0 Å². The van der Waals surface area contributed by atoms with Crippen LogP contribution in [0.2, 0.25) is 0 Å². The molecule has 27 heavy (non-hydrogen) atoms. The number of ketones is 1. The van der Waals surface area contributed by atoms with Crippen molar-refractivity contribution in [3.05, 3.63) is 72.8 Å². The van der Waals surface area contributed by atoms with Gasteiger partial charge in [0.15, 0.2) is 0 Å². The minimum atomic E-state index is -0.523. The molecule has 1 amide bonds. The summed E-state index contributed by atoms with van der Waals surface area (Å²) in [6, 6.07) is 23.1. The Morgan fingerprint density at radius 3 is 2.48 bits per heavy atom. The molecular weight excluding hydrogens is 358 g/mol. The summed E-state index contributed by atoms with van der Waals surface area (Å²) in [5.74, 6) is 0.649. The molecule has 0 spiro atoms. The van der Waals surface area contributed by atoms with Gasteiger partial charge in [-0.15, -0.1) is 11.8 Å². The molecule has 0 bridgehead atoms. The summed E-state index contributed by atoms with van der Waals surface area (Å²) in [6.45, 7) is 0. The normalized spacial score (nSPS) is 19.2. The number of amides is 1. The van der Waals surface area contributed by atoms with E-state index in [1.165, 1.54) is 10.8 Å². The third kappa shape index (κ3) is 4.31. The van der Waals surface area contributed by atoms with Gasteiger partial charge in [-0.3, -0.25) is 4.79 Å². The van der Waals surface area contributed by atoms with E-state index in [0.717, 1.165) is 4.90 Å². The van der Waals surface area contributed by atoms with E-state index in [0.29, 0.717) is 18.6 Å². The molecule has 4 nitrogen and oxygen atoms in total. The number of ether oxygens (including phenoxy) is 1. The second-order valence-electron chi connectivity index (χ2n) is 6.57. The number of para-hydroxylation sites is 1. The van der Waals surface area contributed by atoms with Crippen LogP contribution < -0.4 is 10.1 Å². The molecule has 1 saturated carbocycles. The first-order chi connectivity index (χ1) is 13.2. The highest BCUT2D eigenvalue weighted by molar-refractivity contribution is 8.00. The predicted molar refractivity (Wildman–Crippen MR) is 107 cm³/mol. The lowest BCUT2D eigenvalue weighted by atomic mass is 10.1. The fourth-order valence-corrected chi connectivity index (χ4v) is 4.58. The fraction of sp³-hybridized carbons (Fsp3) is 0.182. The highest BCUT2D eigenvalue weighted by Gasteiger charge is 2.35. The fourth-order valence-electron chi connectivity index (χ4n) is 3.29. The maximum Gasteiger partial charge on any atom is 0.412 e. The maximum absolute atomic E-state index is 12.2. The van der Waals surface area contributed by atoms with E-state index in [4.69, 9.17) is 4.74 Å².